The molecule has 1 atom stereocenters. The number of carbonyl (C=O) groups is 1. The molecule has 3 rings (SSSR count). The third-order valence-electron chi connectivity index (χ3n) is 3.53. The van der Waals surface area contributed by atoms with E-state index >= 15 is 0 Å². The summed E-state index contributed by atoms with van der Waals surface area (Å²) < 4.78 is 4.52. The highest BCUT2D eigenvalue weighted by molar-refractivity contribution is 9.10. The van der Waals surface area contributed by atoms with Crippen LogP contribution in [0, 0.1) is 5.92 Å². The molecule has 0 aliphatic heterocycles. The Morgan fingerprint density at radius 3 is 2.86 bits per heavy atom. The number of amides is 1. The van der Waals surface area contributed by atoms with Gasteiger partial charge in [0.05, 0.1) is 34.2 Å². The molecule has 0 radical (unpaired) electrons. The quantitative estimate of drug-likeness (QED) is 0.776. The first-order valence-electron chi connectivity index (χ1n) is 6.95. The van der Waals surface area contributed by atoms with Crippen molar-refractivity contribution in [3.63, 3.8) is 0 Å². The van der Waals surface area contributed by atoms with Gasteiger partial charge in [0.15, 0.2) is 0 Å². The lowest BCUT2D eigenvalue weighted by molar-refractivity contribution is -0.119. The lowest BCUT2D eigenvalue weighted by atomic mass is 10.1. The van der Waals surface area contributed by atoms with Crippen molar-refractivity contribution < 1.29 is 4.79 Å². The molecular formula is C15H16BrN5O. The van der Waals surface area contributed by atoms with Crippen molar-refractivity contribution >= 4 is 38.8 Å². The van der Waals surface area contributed by atoms with Gasteiger partial charge in [-0.1, -0.05) is 19.1 Å². The van der Waals surface area contributed by atoms with Crippen LogP contribution >= 0.6 is 15.9 Å². The van der Waals surface area contributed by atoms with E-state index in [1.807, 2.05) is 49.0 Å². The predicted octanol–water partition coefficient (Wildman–Crippen LogP) is 2.81. The molecule has 0 unspecified atom stereocenters. The zero-order chi connectivity index (χ0) is 15.7. The highest BCUT2D eigenvalue weighted by Gasteiger charge is 2.17. The molecule has 0 saturated heterocycles. The molecule has 6 nitrogen and oxygen atoms in total. The first kappa shape index (κ1) is 14.8. The number of hydrogen-bond acceptors (Lipinski definition) is 3. The smallest absolute Gasteiger partial charge is 0.231 e. The Balaban J connectivity index is 1.73. The van der Waals surface area contributed by atoms with Crippen molar-refractivity contribution in [1.29, 1.82) is 0 Å². The maximum atomic E-state index is 12.3. The van der Waals surface area contributed by atoms with Gasteiger partial charge in [-0.25, -0.2) is 4.98 Å². The SMILES string of the molecule is C[C@@H](Cn1cc(Br)cn1)C(=O)Nc1nc2ccccc2n1C. The third kappa shape index (κ3) is 2.89. The number of aromatic nitrogens is 4. The molecular weight excluding hydrogens is 346 g/mol. The number of benzene rings is 1. The fourth-order valence-corrected chi connectivity index (χ4v) is 2.62. The first-order valence-corrected chi connectivity index (χ1v) is 7.74. The van der Waals surface area contributed by atoms with Crippen molar-refractivity contribution in [1.82, 2.24) is 19.3 Å². The van der Waals surface area contributed by atoms with E-state index in [-0.39, 0.29) is 11.8 Å². The van der Waals surface area contributed by atoms with Crippen LogP contribution in [0.1, 0.15) is 6.92 Å². The van der Waals surface area contributed by atoms with Gasteiger partial charge in [-0.2, -0.15) is 5.10 Å². The van der Waals surface area contributed by atoms with E-state index in [2.05, 4.69) is 31.3 Å². The summed E-state index contributed by atoms with van der Waals surface area (Å²) in [5.41, 5.74) is 1.85. The molecule has 1 amide bonds. The number of nitrogens with zero attached hydrogens (tertiary/aromatic N) is 4. The second-order valence-electron chi connectivity index (χ2n) is 5.25. The highest BCUT2D eigenvalue weighted by atomic mass is 79.9. The van der Waals surface area contributed by atoms with Crippen molar-refractivity contribution in [2.45, 2.75) is 13.5 Å². The number of rotatable bonds is 4. The second kappa shape index (κ2) is 5.92. The lowest BCUT2D eigenvalue weighted by Crippen LogP contribution is -2.25. The van der Waals surface area contributed by atoms with E-state index in [0.717, 1.165) is 15.5 Å². The van der Waals surface area contributed by atoms with Gasteiger partial charge >= 0.3 is 0 Å². The molecule has 114 valence electrons. The summed E-state index contributed by atoms with van der Waals surface area (Å²) in [5.74, 6) is 0.260. The van der Waals surface area contributed by atoms with Gasteiger partial charge in [0, 0.05) is 13.2 Å². The van der Waals surface area contributed by atoms with Crippen LogP contribution in [0.2, 0.25) is 0 Å². The van der Waals surface area contributed by atoms with E-state index in [1.54, 1.807) is 10.9 Å². The van der Waals surface area contributed by atoms with Gasteiger partial charge in [-0.15, -0.1) is 0 Å². The van der Waals surface area contributed by atoms with Crippen LogP contribution in [0.15, 0.2) is 41.1 Å². The second-order valence-corrected chi connectivity index (χ2v) is 6.17. The zero-order valence-electron chi connectivity index (χ0n) is 12.3. The standard InChI is InChI=1S/C15H16BrN5O/c1-10(8-21-9-11(16)7-17-21)14(22)19-15-18-12-5-3-4-6-13(12)20(15)2/h3-7,9-10H,8H2,1-2H3,(H,18,19,22)/t10-/m0/s1. The lowest BCUT2D eigenvalue weighted by Gasteiger charge is -2.12. The van der Waals surface area contributed by atoms with E-state index < -0.39 is 0 Å². The monoisotopic (exact) mass is 361 g/mol. The minimum Gasteiger partial charge on any atom is -0.313 e. The highest BCUT2D eigenvalue weighted by Crippen LogP contribution is 2.18. The summed E-state index contributed by atoms with van der Waals surface area (Å²) in [6, 6.07) is 7.78. The number of imidazole rings is 1. The van der Waals surface area contributed by atoms with Crippen LogP contribution in [0.4, 0.5) is 5.95 Å². The average Bonchev–Trinajstić information content (AvgIpc) is 3.04. The fraction of sp³-hybridized carbons (Fsp3) is 0.267. The molecule has 0 aliphatic rings. The summed E-state index contributed by atoms with van der Waals surface area (Å²) in [6.45, 7) is 2.38. The van der Waals surface area contributed by atoms with Gasteiger partial charge in [0.25, 0.3) is 0 Å². The molecule has 2 heterocycles. The number of fused-ring (bicyclic) bond motifs is 1. The summed E-state index contributed by atoms with van der Waals surface area (Å²) in [7, 11) is 1.89. The van der Waals surface area contributed by atoms with Gasteiger partial charge in [0.2, 0.25) is 11.9 Å². The Hall–Kier alpha value is -2.15. The van der Waals surface area contributed by atoms with Crippen molar-refractivity contribution in [2.24, 2.45) is 13.0 Å². The molecule has 1 N–H and O–H groups in total. The zero-order valence-corrected chi connectivity index (χ0v) is 13.9. The number of hydrogen-bond donors (Lipinski definition) is 1. The van der Waals surface area contributed by atoms with Crippen LogP contribution in [-0.2, 0) is 18.4 Å². The van der Waals surface area contributed by atoms with Crippen molar-refractivity contribution in [2.75, 3.05) is 5.32 Å². The summed E-state index contributed by atoms with van der Waals surface area (Å²) in [6.07, 6.45) is 3.55. The Morgan fingerprint density at radius 2 is 2.18 bits per heavy atom. The Labute approximate surface area is 136 Å². The van der Waals surface area contributed by atoms with E-state index in [9.17, 15) is 4.79 Å². The number of nitrogens with one attached hydrogen (secondary N) is 1. The minimum atomic E-state index is -0.216. The molecule has 0 saturated carbocycles. The summed E-state index contributed by atoms with van der Waals surface area (Å²) in [5, 5.41) is 7.05. The molecule has 3 aromatic rings. The van der Waals surface area contributed by atoms with Gasteiger partial charge in [0.1, 0.15) is 0 Å². The fourth-order valence-electron chi connectivity index (χ4n) is 2.29. The number of halogens is 1. The number of anilines is 1. The topological polar surface area (TPSA) is 64.7 Å². The molecule has 0 aliphatic carbocycles. The van der Waals surface area contributed by atoms with E-state index in [0.29, 0.717) is 12.5 Å². The number of aryl methyl sites for hydroxylation is 1. The van der Waals surface area contributed by atoms with Gasteiger partial charge < -0.3 is 4.57 Å². The molecule has 0 spiro atoms. The van der Waals surface area contributed by atoms with Crippen LogP contribution < -0.4 is 5.32 Å². The van der Waals surface area contributed by atoms with Crippen LogP contribution in [-0.4, -0.2) is 25.2 Å². The Bertz CT molecular complexity index is 822. The number of carbonyl (C=O) groups excluding carboxylic acids is 1. The third-order valence-corrected chi connectivity index (χ3v) is 3.94. The Kier molecular flexibility index (Phi) is 3.98. The largest absolute Gasteiger partial charge is 0.313 e. The first-order chi connectivity index (χ1) is 10.5. The Morgan fingerprint density at radius 1 is 1.41 bits per heavy atom. The summed E-state index contributed by atoms with van der Waals surface area (Å²) in [4.78, 5) is 16.8. The maximum Gasteiger partial charge on any atom is 0.231 e. The molecule has 22 heavy (non-hydrogen) atoms. The summed E-state index contributed by atoms with van der Waals surface area (Å²) >= 11 is 3.34. The molecule has 0 fully saturated rings. The minimum absolute atomic E-state index is 0.0787. The van der Waals surface area contributed by atoms with E-state index in [1.165, 1.54) is 0 Å². The van der Waals surface area contributed by atoms with Crippen LogP contribution in [0.25, 0.3) is 11.0 Å². The van der Waals surface area contributed by atoms with Gasteiger partial charge in [-0.3, -0.25) is 14.8 Å². The van der Waals surface area contributed by atoms with Crippen molar-refractivity contribution in [3.8, 4) is 0 Å². The van der Waals surface area contributed by atoms with Crippen LogP contribution in [0.5, 0.6) is 0 Å². The maximum absolute atomic E-state index is 12.3. The molecule has 0 bridgehead atoms. The van der Waals surface area contributed by atoms with Crippen molar-refractivity contribution in [3.05, 3.63) is 41.1 Å². The van der Waals surface area contributed by atoms with Crippen LogP contribution in [0.3, 0.4) is 0 Å². The molecule has 1 aromatic carbocycles. The molecule has 2 aromatic heterocycles. The average molecular weight is 362 g/mol. The number of para-hydroxylation sites is 2. The van der Waals surface area contributed by atoms with Gasteiger partial charge in [-0.05, 0) is 28.1 Å². The molecule has 7 heteroatoms. The predicted molar refractivity (Wildman–Crippen MR) is 88.4 cm³/mol. The van der Waals surface area contributed by atoms with E-state index in [4.69, 9.17) is 0 Å². The normalized spacial score (nSPS) is 12.5.